The molecule has 6 heteroatoms. The minimum Gasteiger partial charge on any atom is -0.454 e. The highest BCUT2D eigenvalue weighted by Gasteiger charge is 2.17. The van der Waals surface area contributed by atoms with Gasteiger partial charge >= 0.3 is 0 Å². The number of imidazole rings is 1. The third kappa shape index (κ3) is 4.85. The molecule has 6 nitrogen and oxygen atoms in total. The van der Waals surface area contributed by atoms with E-state index in [0.29, 0.717) is 19.4 Å². The summed E-state index contributed by atoms with van der Waals surface area (Å²) in [6.45, 7) is 4.85. The van der Waals surface area contributed by atoms with E-state index in [0.717, 1.165) is 50.8 Å². The Hall–Kier alpha value is -4.58. The van der Waals surface area contributed by atoms with E-state index >= 15 is 0 Å². The SMILES string of the molecule is Cc1ccc(-c2nc3ccc(-c4cccc(C)c4)cn3c2CCC(=O)NCc2ccc3c(c2)OCO3)cc1. The van der Waals surface area contributed by atoms with Crippen LogP contribution in [0.3, 0.4) is 0 Å². The zero-order valence-electron chi connectivity index (χ0n) is 21.5. The van der Waals surface area contributed by atoms with Gasteiger partial charge in [0.25, 0.3) is 0 Å². The number of rotatable bonds is 7. The lowest BCUT2D eigenvalue weighted by Gasteiger charge is -2.09. The monoisotopic (exact) mass is 503 g/mol. The summed E-state index contributed by atoms with van der Waals surface area (Å²) in [4.78, 5) is 17.9. The van der Waals surface area contributed by atoms with Crippen molar-refractivity contribution < 1.29 is 14.3 Å². The molecular weight excluding hydrogens is 474 g/mol. The maximum atomic E-state index is 12.9. The molecule has 0 aliphatic carbocycles. The first-order chi connectivity index (χ1) is 18.5. The van der Waals surface area contributed by atoms with E-state index in [1.165, 1.54) is 11.1 Å². The molecule has 0 radical (unpaired) electrons. The van der Waals surface area contributed by atoms with Gasteiger partial charge in [-0.1, -0.05) is 65.7 Å². The lowest BCUT2D eigenvalue weighted by atomic mass is 10.0. The molecule has 1 aliphatic rings. The molecule has 0 fully saturated rings. The van der Waals surface area contributed by atoms with E-state index in [2.05, 4.69) is 90.4 Å². The fourth-order valence-electron chi connectivity index (χ4n) is 4.84. The molecule has 0 saturated heterocycles. The second-order valence-electron chi connectivity index (χ2n) is 9.75. The largest absolute Gasteiger partial charge is 0.454 e. The standard InChI is InChI=1S/C32H29N3O3/c1-21-6-9-24(10-7-21)32-27(12-15-31(36)33-18-23-8-13-28-29(17-23)38-20-37-28)35-19-26(11-14-30(35)34-32)25-5-3-4-22(2)16-25/h3-11,13-14,16-17,19H,12,15,18,20H2,1-2H3,(H,33,36). The van der Waals surface area contributed by atoms with Gasteiger partial charge in [0.2, 0.25) is 12.7 Å². The van der Waals surface area contributed by atoms with Crippen LogP contribution in [0, 0.1) is 13.8 Å². The van der Waals surface area contributed by atoms with Crippen molar-refractivity contribution in [2.24, 2.45) is 0 Å². The maximum absolute atomic E-state index is 12.9. The van der Waals surface area contributed by atoms with Crippen LogP contribution in [-0.2, 0) is 17.8 Å². The van der Waals surface area contributed by atoms with Crippen LogP contribution in [0.15, 0.2) is 85.1 Å². The molecular formula is C32H29N3O3. The number of aromatic nitrogens is 2. The fourth-order valence-corrected chi connectivity index (χ4v) is 4.84. The number of hydrogen-bond donors (Lipinski definition) is 1. The highest BCUT2D eigenvalue weighted by molar-refractivity contribution is 5.77. The topological polar surface area (TPSA) is 64.9 Å². The van der Waals surface area contributed by atoms with Crippen molar-refractivity contribution in [3.8, 4) is 33.9 Å². The first-order valence-corrected chi connectivity index (χ1v) is 12.8. The lowest BCUT2D eigenvalue weighted by Crippen LogP contribution is -2.23. The molecule has 3 aromatic carbocycles. The molecule has 0 bridgehead atoms. The Labute approximate surface area is 221 Å². The second-order valence-corrected chi connectivity index (χ2v) is 9.75. The van der Waals surface area contributed by atoms with Crippen LogP contribution in [0.2, 0.25) is 0 Å². The highest BCUT2D eigenvalue weighted by atomic mass is 16.7. The summed E-state index contributed by atoms with van der Waals surface area (Å²) < 4.78 is 13.0. The number of ether oxygens (including phenoxy) is 2. The molecule has 38 heavy (non-hydrogen) atoms. The van der Waals surface area contributed by atoms with E-state index < -0.39 is 0 Å². The van der Waals surface area contributed by atoms with Gasteiger partial charge in [-0.2, -0.15) is 0 Å². The number of nitrogens with zero attached hydrogens (tertiary/aromatic N) is 2. The van der Waals surface area contributed by atoms with Gasteiger partial charge in [0.15, 0.2) is 11.5 Å². The number of carbonyl (C=O) groups is 1. The van der Waals surface area contributed by atoms with Gasteiger partial charge in [0, 0.05) is 24.7 Å². The number of pyridine rings is 1. The maximum Gasteiger partial charge on any atom is 0.231 e. The molecule has 5 aromatic rings. The van der Waals surface area contributed by atoms with Gasteiger partial charge in [-0.05, 0) is 61.2 Å². The molecule has 0 saturated carbocycles. The summed E-state index contributed by atoms with van der Waals surface area (Å²) in [5, 5.41) is 3.05. The van der Waals surface area contributed by atoms with Crippen molar-refractivity contribution in [3.05, 3.63) is 107 Å². The molecule has 0 atom stereocenters. The Morgan fingerprint density at radius 1 is 0.868 bits per heavy atom. The number of fused-ring (bicyclic) bond motifs is 2. The molecule has 0 spiro atoms. The van der Waals surface area contributed by atoms with Crippen LogP contribution in [0.1, 0.15) is 28.8 Å². The van der Waals surface area contributed by atoms with Crippen LogP contribution in [-0.4, -0.2) is 22.1 Å². The van der Waals surface area contributed by atoms with Gasteiger partial charge in [0.05, 0.1) is 11.4 Å². The van der Waals surface area contributed by atoms with Gasteiger partial charge in [-0.25, -0.2) is 4.98 Å². The first kappa shape index (κ1) is 23.8. The normalized spacial score (nSPS) is 12.2. The van der Waals surface area contributed by atoms with Crippen LogP contribution in [0.25, 0.3) is 28.0 Å². The average molecular weight is 504 g/mol. The summed E-state index contributed by atoms with van der Waals surface area (Å²) >= 11 is 0. The van der Waals surface area contributed by atoms with E-state index in [9.17, 15) is 4.79 Å². The Morgan fingerprint density at radius 3 is 2.53 bits per heavy atom. The zero-order valence-corrected chi connectivity index (χ0v) is 21.5. The van der Waals surface area contributed by atoms with Crippen molar-refractivity contribution in [2.45, 2.75) is 33.2 Å². The van der Waals surface area contributed by atoms with Crippen molar-refractivity contribution in [1.82, 2.24) is 14.7 Å². The summed E-state index contributed by atoms with van der Waals surface area (Å²) in [6, 6.07) is 26.8. The van der Waals surface area contributed by atoms with E-state index in [-0.39, 0.29) is 12.7 Å². The third-order valence-corrected chi connectivity index (χ3v) is 6.91. The summed E-state index contributed by atoms with van der Waals surface area (Å²) in [5.41, 5.74) is 9.51. The lowest BCUT2D eigenvalue weighted by molar-refractivity contribution is -0.121. The predicted molar refractivity (Wildman–Crippen MR) is 148 cm³/mol. The molecule has 0 unspecified atom stereocenters. The molecule has 1 aliphatic heterocycles. The Morgan fingerprint density at radius 2 is 1.68 bits per heavy atom. The number of benzene rings is 3. The van der Waals surface area contributed by atoms with Crippen molar-refractivity contribution in [3.63, 3.8) is 0 Å². The van der Waals surface area contributed by atoms with E-state index in [4.69, 9.17) is 14.5 Å². The number of carbonyl (C=O) groups excluding carboxylic acids is 1. The quantitative estimate of drug-likeness (QED) is 0.285. The summed E-state index contributed by atoms with van der Waals surface area (Å²) in [7, 11) is 0. The molecule has 2 aromatic heterocycles. The molecule has 190 valence electrons. The van der Waals surface area contributed by atoms with E-state index in [1.807, 2.05) is 18.2 Å². The Balaban J connectivity index is 1.27. The average Bonchev–Trinajstić information content (AvgIpc) is 3.55. The third-order valence-electron chi connectivity index (χ3n) is 6.91. The van der Waals surface area contributed by atoms with Crippen LogP contribution in [0.4, 0.5) is 0 Å². The van der Waals surface area contributed by atoms with Crippen molar-refractivity contribution in [1.29, 1.82) is 0 Å². The molecule has 1 N–H and O–H groups in total. The number of nitrogens with one attached hydrogen (secondary N) is 1. The Bertz CT molecular complexity index is 1640. The number of hydrogen-bond acceptors (Lipinski definition) is 4. The van der Waals surface area contributed by atoms with Crippen molar-refractivity contribution >= 4 is 11.6 Å². The molecule has 1 amide bonds. The fraction of sp³-hybridized carbons (Fsp3) is 0.188. The van der Waals surface area contributed by atoms with Crippen LogP contribution < -0.4 is 14.8 Å². The summed E-state index contributed by atoms with van der Waals surface area (Å²) in [6.07, 6.45) is 3.05. The molecule has 6 rings (SSSR count). The van der Waals surface area contributed by atoms with Gasteiger partial charge in [-0.3, -0.25) is 4.79 Å². The van der Waals surface area contributed by atoms with Gasteiger partial charge in [0.1, 0.15) is 5.65 Å². The Kier molecular flexibility index (Phi) is 6.30. The van der Waals surface area contributed by atoms with E-state index in [1.54, 1.807) is 0 Å². The highest BCUT2D eigenvalue weighted by Crippen LogP contribution is 2.32. The zero-order chi connectivity index (χ0) is 26.1. The van der Waals surface area contributed by atoms with Gasteiger partial charge in [-0.15, -0.1) is 0 Å². The van der Waals surface area contributed by atoms with Crippen LogP contribution >= 0.6 is 0 Å². The van der Waals surface area contributed by atoms with Crippen molar-refractivity contribution in [2.75, 3.05) is 6.79 Å². The minimum absolute atomic E-state index is 0.0117. The molecule has 3 heterocycles. The van der Waals surface area contributed by atoms with Crippen LogP contribution in [0.5, 0.6) is 11.5 Å². The predicted octanol–water partition coefficient (Wildman–Crippen LogP) is 6.26. The first-order valence-electron chi connectivity index (χ1n) is 12.8. The number of amides is 1. The second kappa shape index (κ2) is 10.1. The smallest absolute Gasteiger partial charge is 0.231 e. The number of aryl methyl sites for hydroxylation is 3. The van der Waals surface area contributed by atoms with Gasteiger partial charge < -0.3 is 19.2 Å². The summed E-state index contributed by atoms with van der Waals surface area (Å²) in [5.74, 6) is 1.44. The minimum atomic E-state index is -0.0117.